The average Bonchev–Trinajstić information content (AvgIpc) is 2.44. The normalized spacial score (nSPS) is 11.5. The van der Waals surface area contributed by atoms with Gasteiger partial charge in [0.1, 0.15) is 6.04 Å². The number of hydrogen-bond donors (Lipinski definition) is 3. The van der Waals surface area contributed by atoms with E-state index in [9.17, 15) is 14.4 Å². The summed E-state index contributed by atoms with van der Waals surface area (Å²) in [7, 11) is 0. The van der Waals surface area contributed by atoms with Crippen LogP contribution in [0.25, 0.3) is 0 Å². The van der Waals surface area contributed by atoms with Crippen LogP contribution >= 0.6 is 0 Å². The third-order valence-corrected chi connectivity index (χ3v) is 2.91. The van der Waals surface area contributed by atoms with Gasteiger partial charge < -0.3 is 15.7 Å². The number of rotatable bonds is 8. The number of nitrogens with one attached hydrogen (secondary N) is 2. The van der Waals surface area contributed by atoms with E-state index in [1.807, 2.05) is 30.3 Å². The van der Waals surface area contributed by atoms with Crippen LogP contribution in [0, 0.1) is 0 Å². The van der Waals surface area contributed by atoms with Crippen molar-refractivity contribution in [2.45, 2.75) is 32.2 Å². The lowest BCUT2D eigenvalue weighted by molar-refractivity contribution is -0.141. The van der Waals surface area contributed by atoms with Crippen molar-refractivity contribution in [3.05, 3.63) is 35.9 Å². The second kappa shape index (κ2) is 8.73. The third-order valence-electron chi connectivity index (χ3n) is 2.91. The van der Waals surface area contributed by atoms with Gasteiger partial charge in [-0.1, -0.05) is 30.3 Å². The summed E-state index contributed by atoms with van der Waals surface area (Å²) >= 11 is 0. The topological polar surface area (TPSA) is 95.5 Å². The van der Waals surface area contributed by atoms with Gasteiger partial charge in [0.05, 0.1) is 0 Å². The molecule has 0 aromatic heterocycles. The van der Waals surface area contributed by atoms with E-state index in [1.54, 1.807) is 0 Å². The molecule has 0 aliphatic heterocycles. The lowest BCUT2D eigenvalue weighted by Gasteiger charge is -2.12. The van der Waals surface area contributed by atoms with Crippen LogP contribution in [0.3, 0.4) is 0 Å². The molecule has 3 N–H and O–H groups in total. The molecule has 1 aromatic rings. The number of amides is 2. The number of carbonyl (C=O) groups is 3. The first kappa shape index (κ1) is 16.7. The summed E-state index contributed by atoms with van der Waals surface area (Å²) < 4.78 is 0. The van der Waals surface area contributed by atoms with Gasteiger partial charge in [-0.05, 0) is 18.4 Å². The predicted octanol–water partition coefficient (Wildman–Crippen LogP) is 0.715. The SMILES string of the molecule is CC(=O)NC(CCC(=O)NCCc1ccccc1)C(=O)O. The molecule has 0 bridgehead atoms. The minimum atomic E-state index is -1.14. The van der Waals surface area contributed by atoms with Crippen LogP contribution < -0.4 is 10.6 Å². The van der Waals surface area contributed by atoms with Gasteiger partial charge in [0.25, 0.3) is 0 Å². The van der Waals surface area contributed by atoms with E-state index in [-0.39, 0.29) is 18.7 Å². The monoisotopic (exact) mass is 292 g/mol. The third kappa shape index (κ3) is 7.10. The van der Waals surface area contributed by atoms with Crippen LogP contribution in [0.5, 0.6) is 0 Å². The zero-order valence-corrected chi connectivity index (χ0v) is 12.0. The molecule has 0 spiro atoms. The Balaban J connectivity index is 2.26. The van der Waals surface area contributed by atoms with Crippen molar-refractivity contribution >= 4 is 17.8 Å². The molecule has 0 radical (unpaired) electrons. The van der Waals surface area contributed by atoms with Crippen LogP contribution in [-0.2, 0) is 20.8 Å². The first-order valence-corrected chi connectivity index (χ1v) is 6.79. The van der Waals surface area contributed by atoms with Gasteiger partial charge >= 0.3 is 5.97 Å². The summed E-state index contributed by atoms with van der Waals surface area (Å²) in [5.74, 6) is -1.78. The lowest BCUT2D eigenvalue weighted by atomic mass is 10.1. The summed E-state index contributed by atoms with van der Waals surface area (Å²) in [5.41, 5.74) is 1.12. The first-order valence-electron chi connectivity index (χ1n) is 6.79. The fraction of sp³-hybridized carbons (Fsp3) is 0.400. The molecule has 0 aliphatic carbocycles. The minimum Gasteiger partial charge on any atom is -0.480 e. The summed E-state index contributed by atoms with van der Waals surface area (Å²) in [5, 5.41) is 13.9. The van der Waals surface area contributed by atoms with Gasteiger partial charge in [-0.25, -0.2) is 4.79 Å². The molecule has 6 heteroatoms. The Hall–Kier alpha value is -2.37. The van der Waals surface area contributed by atoms with Gasteiger partial charge in [0.15, 0.2) is 0 Å². The summed E-state index contributed by atoms with van der Waals surface area (Å²) in [6.07, 6.45) is 0.860. The van der Waals surface area contributed by atoms with E-state index < -0.39 is 17.9 Å². The Morgan fingerprint density at radius 1 is 1.19 bits per heavy atom. The smallest absolute Gasteiger partial charge is 0.326 e. The number of carboxylic acids is 1. The predicted molar refractivity (Wildman–Crippen MR) is 77.6 cm³/mol. The summed E-state index contributed by atoms with van der Waals surface area (Å²) in [6.45, 7) is 1.75. The Bertz CT molecular complexity index is 488. The molecule has 1 aromatic carbocycles. The fourth-order valence-electron chi connectivity index (χ4n) is 1.86. The standard InChI is InChI=1S/C15H20N2O4/c1-11(18)17-13(15(20)21)7-8-14(19)16-10-9-12-5-3-2-4-6-12/h2-6,13H,7-10H2,1H3,(H,16,19)(H,17,18)(H,20,21). The highest BCUT2D eigenvalue weighted by Crippen LogP contribution is 2.00. The van der Waals surface area contributed by atoms with Crippen molar-refractivity contribution in [1.29, 1.82) is 0 Å². The van der Waals surface area contributed by atoms with Crippen molar-refractivity contribution in [3.8, 4) is 0 Å². The van der Waals surface area contributed by atoms with E-state index in [0.29, 0.717) is 6.54 Å². The van der Waals surface area contributed by atoms with Crippen LogP contribution in [0.2, 0.25) is 0 Å². The van der Waals surface area contributed by atoms with Crippen LogP contribution in [0.1, 0.15) is 25.3 Å². The summed E-state index contributed by atoms with van der Waals surface area (Å²) in [6, 6.07) is 8.72. The first-order chi connectivity index (χ1) is 9.99. The highest BCUT2D eigenvalue weighted by atomic mass is 16.4. The molecule has 21 heavy (non-hydrogen) atoms. The second-order valence-electron chi connectivity index (χ2n) is 4.72. The number of benzene rings is 1. The Morgan fingerprint density at radius 2 is 1.86 bits per heavy atom. The van der Waals surface area contributed by atoms with Crippen molar-refractivity contribution in [1.82, 2.24) is 10.6 Å². The number of hydrogen-bond acceptors (Lipinski definition) is 3. The zero-order chi connectivity index (χ0) is 15.7. The van der Waals surface area contributed by atoms with E-state index >= 15 is 0 Å². The zero-order valence-electron chi connectivity index (χ0n) is 12.0. The molecule has 1 atom stereocenters. The molecule has 0 saturated carbocycles. The van der Waals surface area contributed by atoms with Gasteiger partial charge in [-0.15, -0.1) is 0 Å². The molecule has 0 fully saturated rings. The van der Waals surface area contributed by atoms with Gasteiger partial charge in [-0.2, -0.15) is 0 Å². The average molecular weight is 292 g/mol. The van der Waals surface area contributed by atoms with Crippen molar-refractivity contribution < 1.29 is 19.5 Å². The minimum absolute atomic E-state index is 0.0615. The number of carbonyl (C=O) groups excluding carboxylic acids is 2. The van der Waals surface area contributed by atoms with Gasteiger partial charge in [-0.3, -0.25) is 9.59 Å². The molecule has 0 aliphatic rings. The van der Waals surface area contributed by atoms with Crippen molar-refractivity contribution in [2.75, 3.05) is 6.54 Å². The Labute approximate surface area is 123 Å². The molecule has 0 heterocycles. The van der Waals surface area contributed by atoms with Crippen LogP contribution in [0.4, 0.5) is 0 Å². The maximum absolute atomic E-state index is 11.6. The Kier molecular flexibility index (Phi) is 6.94. The quantitative estimate of drug-likeness (QED) is 0.657. The highest BCUT2D eigenvalue weighted by Gasteiger charge is 2.19. The molecular formula is C15H20N2O4. The van der Waals surface area contributed by atoms with E-state index in [2.05, 4.69) is 10.6 Å². The van der Waals surface area contributed by atoms with E-state index in [1.165, 1.54) is 6.92 Å². The molecular weight excluding hydrogens is 272 g/mol. The van der Waals surface area contributed by atoms with E-state index in [4.69, 9.17) is 5.11 Å². The molecule has 2 amide bonds. The molecule has 6 nitrogen and oxygen atoms in total. The number of aliphatic carboxylic acids is 1. The lowest BCUT2D eigenvalue weighted by Crippen LogP contribution is -2.40. The second-order valence-corrected chi connectivity index (χ2v) is 4.72. The van der Waals surface area contributed by atoms with Crippen molar-refractivity contribution in [3.63, 3.8) is 0 Å². The van der Waals surface area contributed by atoms with Gasteiger partial charge in [0, 0.05) is 19.9 Å². The molecule has 1 rings (SSSR count). The van der Waals surface area contributed by atoms with Crippen LogP contribution in [0.15, 0.2) is 30.3 Å². The highest BCUT2D eigenvalue weighted by molar-refractivity contribution is 5.83. The summed E-state index contributed by atoms with van der Waals surface area (Å²) in [4.78, 5) is 33.4. The maximum Gasteiger partial charge on any atom is 0.326 e. The molecule has 1 unspecified atom stereocenters. The van der Waals surface area contributed by atoms with Crippen molar-refractivity contribution in [2.24, 2.45) is 0 Å². The largest absolute Gasteiger partial charge is 0.480 e. The Morgan fingerprint density at radius 3 is 2.43 bits per heavy atom. The van der Waals surface area contributed by atoms with E-state index in [0.717, 1.165) is 12.0 Å². The maximum atomic E-state index is 11.6. The van der Waals surface area contributed by atoms with Gasteiger partial charge in [0.2, 0.25) is 11.8 Å². The molecule has 0 saturated heterocycles. The fourth-order valence-corrected chi connectivity index (χ4v) is 1.86. The number of carboxylic acid groups (broad SMARTS) is 1. The molecule has 114 valence electrons. The van der Waals surface area contributed by atoms with Crippen LogP contribution in [-0.4, -0.2) is 35.5 Å².